The third-order valence-electron chi connectivity index (χ3n) is 5.68. The largest absolute Gasteiger partial charge is 0.497 e. The van der Waals surface area contributed by atoms with E-state index in [1.165, 1.54) is 5.56 Å². The highest BCUT2D eigenvalue weighted by molar-refractivity contribution is 8.00. The van der Waals surface area contributed by atoms with Crippen LogP contribution in [0, 0.1) is 13.8 Å². The molecule has 1 heterocycles. The van der Waals surface area contributed by atoms with E-state index >= 15 is 0 Å². The summed E-state index contributed by atoms with van der Waals surface area (Å²) in [6, 6.07) is 18.7. The maximum Gasteiger partial charge on any atom is 0.255 e. The summed E-state index contributed by atoms with van der Waals surface area (Å²) in [5, 5.41) is 2.79. The number of methoxy groups -OCH3 is 2. The lowest BCUT2D eigenvalue weighted by Gasteiger charge is -2.25. The summed E-state index contributed by atoms with van der Waals surface area (Å²) >= 11 is 1.58. The van der Waals surface area contributed by atoms with Crippen LogP contribution in [0.4, 0.5) is 11.4 Å². The van der Waals surface area contributed by atoms with Gasteiger partial charge in [0.05, 0.1) is 20.0 Å². The predicted molar refractivity (Wildman–Crippen MR) is 133 cm³/mol. The molecule has 0 aliphatic carbocycles. The van der Waals surface area contributed by atoms with E-state index in [0.29, 0.717) is 28.5 Å². The van der Waals surface area contributed by atoms with Crippen molar-refractivity contribution in [1.82, 2.24) is 0 Å². The van der Waals surface area contributed by atoms with Crippen LogP contribution in [0.3, 0.4) is 0 Å². The van der Waals surface area contributed by atoms with Crippen molar-refractivity contribution in [2.75, 3.05) is 30.2 Å². The number of anilines is 2. The van der Waals surface area contributed by atoms with Crippen LogP contribution < -0.4 is 19.7 Å². The Morgan fingerprint density at radius 1 is 0.970 bits per heavy atom. The number of rotatable bonds is 6. The Hall–Kier alpha value is -3.45. The third kappa shape index (κ3) is 4.83. The minimum atomic E-state index is -0.273. The monoisotopic (exact) mass is 462 g/mol. The van der Waals surface area contributed by atoms with Crippen LogP contribution in [0.25, 0.3) is 0 Å². The highest BCUT2D eigenvalue weighted by atomic mass is 32.2. The van der Waals surface area contributed by atoms with Gasteiger partial charge < -0.3 is 14.8 Å². The molecule has 3 aromatic rings. The van der Waals surface area contributed by atoms with E-state index < -0.39 is 0 Å². The SMILES string of the molecule is COc1cc(OC)cc(C(=O)Nc2cccc(C3SCC(=O)N3c3ccc(C)c(C)c3)c2)c1. The van der Waals surface area contributed by atoms with Gasteiger partial charge in [0.15, 0.2) is 0 Å². The fourth-order valence-electron chi connectivity index (χ4n) is 3.74. The minimum absolute atomic E-state index is 0.0752. The van der Waals surface area contributed by atoms with Crippen LogP contribution in [-0.4, -0.2) is 31.8 Å². The summed E-state index contributed by atoms with van der Waals surface area (Å²) in [6.45, 7) is 4.10. The molecule has 4 rings (SSSR count). The molecule has 3 aromatic carbocycles. The summed E-state index contributed by atoms with van der Waals surface area (Å²) < 4.78 is 10.5. The number of nitrogens with one attached hydrogen (secondary N) is 1. The molecule has 0 bridgehead atoms. The van der Waals surface area contributed by atoms with Gasteiger partial charge in [-0.1, -0.05) is 18.2 Å². The number of hydrogen-bond acceptors (Lipinski definition) is 5. The molecular formula is C26H26N2O4S. The maximum atomic E-state index is 12.9. The number of aryl methyl sites for hydroxylation is 2. The molecule has 1 aliphatic rings. The Morgan fingerprint density at radius 2 is 1.70 bits per heavy atom. The highest BCUT2D eigenvalue weighted by Crippen LogP contribution is 2.42. The van der Waals surface area contributed by atoms with Crippen molar-refractivity contribution in [2.24, 2.45) is 0 Å². The summed E-state index contributed by atoms with van der Waals surface area (Å²) in [5.74, 6) is 1.30. The van der Waals surface area contributed by atoms with Crippen LogP contribution in [0.2, 0.25) is 0 Å². The standard InChI is InChI=1S/C26H26N2O4S/c1-16-8-9-21(10-17(16)2)28-24(29)15-33-26(28)18-6-5-7-20(11-18)27-25(30)19-12-22(31-3)14-23(13-19)32-4/h5-14,26H,15H2,1-4H3,(H,27,30). The Bertz CT molecular complexity index is 1190. The molecule has 2 amide bonds. The molecule has 33 heavy (non-hydrogen) atoms. The van der Waals surface area contributed by atoms with E-state index in [1.54, 1.807) is 44.2 Å². The van der Waals surface area contributed by atoms with Crippen molar-refractivity contribution in [1.29, 1.82) is 0 Å². The second-order valence-corrected chi connectivity index (χ2v) is 8.95. The zero-order valence-electron chi connectivity index (χ0n) is 19.0. The van der Waals surface area contributed by atoms with E-state index in [2.05, 4.69) is 12.2 Å². The highest BCUT2D eigenvalue weighted by Gasteiger charge is 2.34. The fraction of sp³-hybridized carbons (Fsp3) is 0.231. The Kier molecular flexibility index (Phi) is 6.60. The molecule has 1 N–H and O–H groups in total. The number of ether oxygens (including phenoxy) is 2. The van der Waals surface area contributed by atoms with Crippen LogP contribution in [0.5, 0.6) is 11.5 Å². The van der Waals surface area contributed by atoms with Gasteiger partial charge >= 0.3 is 0 Å². The maximum absolute atomic E-state index is 12.9. The molecule has 1 fully saturated rings. The van der Waals surface area contributed by atoms with Gasteiger partial charge in [-0.2, -0.15) is 0 Å². The molecule has 6 nitrogen and oxygen atoms in total. The van der Waals surface area contributed by atoms with E-state index in [9.17, 15) is 9.59 Å². The molecule has 7 heteroatoms. The summed E-state index contributed by atoms with van der Waals surface area (Å²) in [4.78, 5) is 27.5. The average molecular weight is 463 g/mol. The summed E-state index contributed by atoms with van der Waals surface area (Å²) in [5.41, 5.74) is 5.25. The van der Waals surface area contributed by atoms with Crippen LogP contribution in [-0.2, 0) is 4.79 Å². The Labute approximate surface area is 197 Å². The molecule has 0 radical (unpaired) electrons. The molecule has 0 aromatic heterocycles. The molecule has 170 valence electrons. The number of carbonyl (C=O) groups is 2. The van der Waals surface area contributed by atoms with Crippen LogP contribution >= 0.6 is 11.8 Å². The van der Waals surface area contributed by atoms with Gasteiger partial charge in [0, 0.05) is 23.0 Å². The van der Waals surface area contributed by atoms with Crippen molar-refractivity contribution in [3.63, 3.8) is 0 Å². The lowest BCUT2D eigenvalue weighted by molar-refractivity contribution is -0.115. The second kappa shape index (κ2) is 9.58. The van der Waals surface area contributed by atoms with E-state index in [4.69, 9.17) is 9.47 Å². The number of benzene rings is 3. The molecule has 1 unspecified atom stereocenters. The van der Waals surface area contributed by atoms with Gasteiger partial charge in [0.2, 0.25) is 5.91 Å². The summed E-state index contributed by atoms with van der Waals surface area (Å²) in [6.07, 6.45) is 0. The number of hydrogen-bond donors (Lipinski definition) is 1. The molecule has 0 spiro atoms. The smallest absolute Gasteiger partial charge is 0.255 e. The van der Waals surface area contributed by atoms with Crippen molar-refractivity contribution in [3.8, 4) is 11.5 Å². The molecule has 1 aliphatic heterocycles. The number of nitrogens with zero attached hydrogens (tertiary/aromatic N) is 1. The first-order valence-electron chi connectivity index (χ1n) is 10.5. The van der Waals surface area contributed by atoms with E-state index in [0.717, 1.165) is 16.8 Å². The normalized spacial score (nSPS) is 15.5. The Balaban J connectivity index is 1.59. The van der Waals surface area contributed by atoms with Gasteiger partial charge in [-0.05, 0) is 66.9 Å². The van der Waals surface area contributed by atoms with Gasteiger partial charge in [-0.25, -0.2) is 0 Å². The van der Waals surface area contributed by atoms with Gasteiger partial charge in [0.1, 0.15) is 16.9 Å². The van der Waals surface area contributed by atoms with E-state index in [1.807, 2.05) is 54.3 Å². The molecule has 0 saturated carbocycles. The van der Waals surface area contributed by atoms with Crippen molar-refractivity contribution < 1.29 is 19.1 Å². The lowest BCUT2D eigenvalue weighted by Crippen LogP contribution is -2.28. The molecule has 1 atom stereocenters. The van der Waals surface area contributed by atoms with Crippen LogP contribution in [0.1, 0.15) is 32.4 Å². The lowest BCUT2D eigenvalue weighted by atomic mass is 10.1. The summed E-state index contributed by atoms with van der Waals surface area (Å²) in [7, 11) is 3.09. The fourth-order valence-corrected chi connectivity index (χ4v) is 4.90. The topological polar surface area (TPSA) is 67.9 Å². The second-order valence-electron chi connectivity index (χ2n) is 7.88. The first-order chi connectivity index (χ1) is 15.9. The minimum Gasteiger partial charge on any atom is -0.497 e. The quantitative estimate of drug-likeness (QED) is 0.535. The average Bonchev–Trinajstić information content (AvgIpc) is 3.22. The zero-order valence-corrected chi connectivity index (χ0v) is 19.9. The van der Waals surface area contributed by atoms with E-state index in [-0.39, 0.29) is 17.2 Å². The molecular weight excluding hydrogens is 436 g/mol. The predicted octanol–water partition coefficient (Wildman–Crippen LogP) is 5.35. The third-order valence-corrected chi connectivity index (χ3v) is 6.89. The Morgan fingerprint density at radius 3 is 2.36 bits per heavy atom. The number of amides is 2. The first kappa shape index (κ1) is 22.7. The molecule has 1 saturated heterocycles. The van der Waals surface area contributed by atoms with Gasteiger partial charge in [0.25, 0.3) is 5.91 Å². The first-order valence-corrected chi connectivity index (χ1v) is 11.6. The van der Waals surface area contributed by atoms with Crippen LogP contribution in [0.15, 0.2) is 60.7 Å². The number of thioether (sulfide) groups is 1. The van der Waals surface area contributed by atoms with Crippen molar-refractivity contribution in [2.45, 2.75) is 19.2 Å². The number of carbonyl (C=O) groups excluding carboxylic acids is 2. The van der Waals surface area contributed by atoms with Gasteiger partial charge in [-0.15, -0.1) is 11.8 Å². The van der Waals surface area contributed by atoms with Gasteiger partial charge in [-0.3, -0.25) is 14.5 Å². The zero-order chi connectivity index (χ0) is 23.5. The van der Waals surface area contributed by atoms with Crippen molar-refractivity contribution in [3.05, 3.63) is 82.9 Å². The van der Waals surface area contributed by atoms with Crippen molar-refractivity contribution >= 4 is 35.0 Å².